The van der Waals surface area contributed by atoms with E-state index in [1.165, 1.54) is 11.3 Å². The molecule has 170 valence electrons. The molecule has 0 fully saturated rings. The van der Waals surface area contributed by atoms with Crippen molar-refractivity contribution in [2.24, 2.45) is 0 Å². The van der Waals surface area contributed by atoms with Crippen molar-refractivity contribution in [1.29, 1.82) is 0 Å². The number of fused-ring (bicyclic) bond motifs is 2. The molecule has 3 aromatic carbocycles. The maximum absolute atomic E-state index is 14.0. The number of ether oxygens (including phenoxy) is 2. The number of anilines is 1. The number of carbonyl (C=O) groups excluding carboxylic acids is 1. The number of methoxy groups -OCH3 is 1. The quantitative estimate of drug-likeness (QED) is 0.288. The van der Waals surface area contributed by atoms with Crippen molar-refractivity contribution in [1.82, 2.24) is 9.97 Å². The Hall–Kier alpha value is -3.97. The Morgan fingerprint density at radius 3 is 2.56 bits per heavy atom. The maximum atomic E-state index is 14.0. The number of rotatable bonds is 7. The highest BCUT2D eigenvalue weighted by Crippen LogP contribution is 2.36. The van der Waals surface area contributed by atoms with Crippen molar-refractivity contribution in [3.63, 3.8) is 0 Å². The van der Waals surface area contributed by atoms with Gasteiger partial charge >= 0.3 is 0 Å². The Morgan fingerprint density at radius 1 is 1.00 bits per heavy atom. The molecule has 0 atom stereocenters. The smallest absolute Gasteiger partial charge is 0.264 e. The van der Waals surface area contributed by atoms with Gasteiger partial charge in [-0.1, -0.05) is 47.7 Å². The highest BCUT2D eigenvalue weighted by atomic mass is 32.1. The lowest BCUT2D eigenvalue weighted by Gasteiger charge is -2.21. The van der Waals surface area contributed by atoms with Crippen molar-refractivity contribution >= 4 is 43.4 Å². The first kappa shape index (κ1) is 21.9. The van der Waals surface area contributed by atoms with E-state index in [-0.39, 0.29) is 5.91 Å². The summed E-state index contributed by atoms with van der Waals surface area (Å²) >= 11 is 1.46. The SMILES string of the molecule is CCOc1cccc2sc(N(Cc3cccnc3)C(=O)c3cc4ccccc4cc3OC)nc12. The van der Waals surface area contributed by atoms with Crippen LogP contribution in [0.5, 0.6) is 11.5 Å². The van der Waals surface area contributed by atoms with Gasteiger partial charge in [-0.3, -0.25) is 14.7 Å². The molecule has 2 heterocycles. The molecule has 0 aliphatic carbocycles. The lowest BCUT2D eigenvalue weighted by molar-refractivity contribution is 0.0982. The molecule has 0 spiro atoms. The molecular formula is C27H23N3O3S. The number of benzene rings is 3. The van der Waals surface area contributed by atoms with Crippen LogP contribution in [-0.2, 0) is 6.54 Å². The normalized spacial score (nSPS) is 11.0. The largest absolute Gasteiger partial charge is 0.496 e. The second-order valence-electron chi connectivity index (χ2n) is 7.68. The van der Waals surface area contributed by atoms with Crippen molar-refractivity contribution in [2.45, 2.75) is 13.5 Å². The summed E-state index contributed by atoms with van der Waals surface area (Å²) in [5.41, 5.74) is 2.13. The highest BCUT2D eigenvalue weighted by molar-refractivity contribution is 7.22. The molecular weight excluding hydrogens is 446 g/mol. The number of pyridine rings is 1. The molecule has 5 aromatic rings. The summed E-state index contributed by atoms with van der Waals surface area (Å²) in [4.78, 5) is 24.8. The van der Waals surface area contributed by atoms with Crippen LogP contribution in [-0.4, -0.2) is 29.6 Å². The van der Waals surface area contributed by atoms with E-state index in [0.717, 1.165) is 26.6 Å². The van der Waals surface area contributed by atoms with Gasteiger partial charge in [-0.2, -0.15) is 0 Å². The summed E-state index contributed by atoms with van der Waals surface area (Å²) in [5.74, 6) is 1.04. The van der Waals surface area contributed by atoms with Gasteiger partial charge in [0, 0.05) is 12.4 Å². The van der Waals surface area contributed by atoms with Gasteiger partial charge < -0.3 is 9.47 Å². The number of hydrogen-bond donors (Lipinski definition) is 0. The fraction of sp³-hybridized carbons (Fsp3) is 0.148. The van der Waals surface area contributed by atoms with Gasteiger partial charge in [0.2, 0.25) is 0 Å². The molecule has 5 rings (SSSR count). The standard InChI is InChI=1S/C27H23N3O3S/c1-3-33-22-11-6-12-24-25(22)29-27(34-24)30(17-18-8-7-13-28-16-18)26(31)21-14-19-9-4-5-10-20(19)15-23(21)32-2/h4-16H,3,17H2,1-2H3. The fourth-order valence-electron chi connectivity index (χ4n) is 3.90. The zero-order chi connectivity index (χ0) is 23.5. The summed E-state index contributed by atoms with van der Waals surface area (Å²) in [6.45, 7) is 2.81. The van der Waals surface area contributed by atoms with E-state index >= 15 is 0 Å². The molecule has 0 bridgehead atoms. The second-order valence-corrected chi connectivity index (χ2v) is 8.69. The lowest BCUT2D eigenvalue weighted by atomic mass is 10.0. The molecule has 34 heavy (non-hydrogen) atoms. The third kappa shape index (κ3) is 4.18. The monoisotopic (exact) mass is 469 g/mol. The van der Waals surface area contributed by atoms with Crippen LogP contribution in [0.4, 0.5) is 5.13 Å². The molecule has 0 saturated carbocycles. The van der Waals surface area contributed by atoms with E-state index in [0.29, 0.717) is 35.3 Å². The Labute approximate surface area is 201 Å². The van der Waals surface area contributed by atoms with E-state index < -0.39 is 0 Å². The molecule has 0 aliphatic rings. The van der Waals surface area contributed by atoms with Gasteiger partial charge in [0.05, 0.1) is 30.5 Å². The Bertz CT molecular complexity index is 1470. The summed E-state index contributed by atoms with van der Waals surface area (Å²) in [7, 11) is 1.58. The average Bonchev–Trinajstić information content (AvgIpc) is 3.32. The molecule has 0 radical (unpaired) electrons. The molecule has 0 unspecified atom stereocenters. The van der Waals surface area contributed by atoms with Crippen molar-refractivity contribution in [3.05, 3.63) is 90.3 Å². The third-order valence-corrected chi connectivity index (χ3v) is 6.55. The number of aromatic nitrogens is 2. The van der Waals surface area contributed by atoms with Crippen LogP contribution >= 0.6 is 11.3 Å². The van der Waals surface area contributed by atoms with Crippen LogP contribution in [0.1, 0.15) is 22.8 Å². The fourth-order valence-corrected chi connectivity index (χ4v) is 4.88. The van der Waals surface area contributed by atoms with Crippen LogP contribution in [0.2, 0.25) is 0 Å². The van der Waals surface area contributed by atoms with Crippen molar-refractivity contribution in [2.75, 3.05) is 18.6 Å². The summed E-state index contributed by atoms with van der Waals surface area (Å²) in [6, 6.07) is 21.3. The average molecular weight is 470 g/mol. The van der Waals surface area contributed by atoms with Crippen LogP contribution in [0.15, 0.2) is 79.1 Å². The third-order valence-electron chi connectivity index (χ3n) is 5.51. The van der Waals surface area contributed by atoms with E-state index in [4.69, 9.17) is 14.5 Å². The summed E-state index contributed by atoms with van der Waals surface area (Å²) < 4.78 is 12.3. The highest BCUT2D eigenvalue weighted by Gasteiger charge is 2.25. The van der Waals surface area contributed by atoms with E-state index in [9.17, 15) is 4.79 Å². The molecule has 2 aromatic heterocycles. The van der Waals surface area contributed by atoms with Crippen molar-refractivity contribution in [3.8, 4) is 11.5 Å². The number of nitrogens with zero attached hydrogens (tertiary/aromatic N) is 3. The van der Waals surface area contributed by atoms with E-state index in [1.807, 2.05) is 73.7 Å². The molecule has 0 saturated heterocycles. The molecule has 7 heteroatoms. The molecule has 0 N–H and O–H groups in total. The zero-order valence-electron chi connectivity index (χ0n) is 18.9. The van der Waals surface area contributed by atoms with E-state index in [1.54, 1.807) is 24.4 Å². The number of amides is 1. The van der Waals surface area contributed by atoms with Gasteiger partial charge in [-0.25, -0.2) is 4.98 Å². The minimum atomic E-state index is -0.191. The van der Waals surface area contributed by atoms with E-state index in [2.05, 4.69) is 4.98 Å². The minimum Gasteiger partial charge on any atom is -0.496 e. The van der Waals surface area contributed by atoms with Gasteiger partial charge in [0.25, 0.3) is 5.91 Å². The van der Waals surface area contributed by atoms with Gasteiger partial charge in [-0.05, 0) is 53.6 Å². The Morgan fingerprint density at radius 2 is 1.82 bits per heavy atom. The maximum Gasteiger partial charge on any atom is 0.264 e. The van der Waals surface area contributed by atoms with Crippen LogP contribution < -0.4 is 14.4 Å². The predicted molar refractivity (Wildman–Crippen MR) is 136 cm³/mol. The first-order valence-corrected chi connectivity index (χ1v) is 11.8. The first-order valence-electron chi connectivity index (χ1n) is 11.0. The topological polar surface area (TPSA) is 64.5 Å². The Kier molecular flexibility index (Phi) is 6.10. The van der Waals surface area contributed by atoms with Crippen LogP contribution in [0.3, 0.4) is 0 Å². The van der Waals surface area contributed by atoms with Gasteiger partial charge in [0.15, 0.2) is 5.13 Å². The van der Waals surface area contributed by atoms with Crippen LogP contribution in [0, 0.1) is 0 Å². The van der Waals surface area contributed by atoms with Crippen LogP contribution in [0.25, 0.3) is 21.0 Å². The first-order chi connectivity index (χ1) is 16.7. The summed E-state index contributed by atoms with van der Waals surface area (Å²) in [6.07, 6.45) is 3.48. The Balaban J connectivity index is 1.64. The number of hydrogen-bond acceptors (Lipinski definition) is 6. The van der Waals surface area contributed by atoms with Crippen molar-refractivity contribution < 1.29 is 14.3 Å². The second kappa shape index (κ2) is 9.49. The van der Waals surface area contributed by atoms with Gasteiger partial charge in [-0.15, -0.1) is 0 Å². The number of carbonyl (C=O) groups is 1. The zero-order valence-corrected chi connectivity index (χ0v) is 19.7. The number of para-hydroxylation sites is 1. The number of thiazole rings is 1. The minimum absolute atomic E-state index is 0.191. The summed E-state index contributed by atoms with van der Waals surface area (Å²) in [5, 5.41) is 2.57. The molecule has 0 aliphatic heterocycles. The van der Waals surface area contributed by atoms with Gasteiger partial charge in [0.1, 0.15) is 17.0 Å². The lowest BCUT2D eigenvalue weighted by Crippen LogP contribution is -2.30. The molecule has 1 amide bonds. The molecule has 6 nitrogen and oxygen atoms in total. The predicted octanol–water partition coefficient (Wildman–Crippen LogP) is 6.10.